The monoisotopic (exact) mass is 349 g/mol. The van der Waals surface area contributed by atoms with Crippen LogP contribution >= 0.6 is 11.8 Å². The van der Waals surface area contributed by atoms with Crippen LogP contribution in [0.2, 0.25) is 0 Å². The van der Waals surface area contributed by atoms with Crippen LogP contribution in [-0.4, -0.2) is 24.7 Å². The molecule has 25 heavy (non-hydrogen) atoms. The largest absolute Gasteiger partial charge is 0.309 e. The van der Waals surface area contributed by atoms with Gasteiger partial charge in [0.15, 0.2) is 5.65 Å². The third-order valence-electron chi connectivity index (χ3n) is 3.73. The summed E-state index contributed by atoms with van der Waals surface area (Å²) in [6.45, 7) is 2.00. The first-order chi connectivity index (χ1) is 12.2. The van der Waals surface area contributed by atoms with Crippen molar-refractivity contribution in [3.05, 3.63) is 76.6 Å². The lowest BCUT2D eigenvalue weighted by Gasteiger charge is -2.04. The number of nitrogens with one attached hydrogen (secondary N) is 1. The van der Waals surface area contributed by atoms with E-state index >= 15 is 0 Å². The summed E-state index contributed by atoms with van der Waals surface area (Å²) in [6.07, 6.45) is 3.37. The van der Waals surface area contributed by atoms with Crippen LogP contribution in [0.4, 0.5) is 0 Å². The van der Waals surface area contributed by atoms with Gasteiger partial charge in [-0.15, -0.1) is 0 Å². The molecular formula is C18H15N5OS. The molecule has 0 atom stereocenters. The van der Waals surface area contributed by atoms with Crippen molar-refractivity contribution in [2.75, 3.05) is 0 Å². The van der Waals surface area contributed by atoms with Gasteiger partial charge in [0, 0.05) is 6.20 Å². The molecular weight excluding hydrogens is 334 g/mol. The summed E-state index contributed by atoms with van der Waals surface area (Å²) < 4.78 is 1.68. The number of thioether (sulfide) groups is 1. The summed E-state index contributed by atoms with van der Waals surface area (Å²) in [6, 6.07) is 13.6. The number of aryl methyl sites for hydroxylation is 1. The minimum Gasteiger partial charge on any atom is -0.309 e. The van der Waals surface area contributed by atoms with Crippen molar-refractivity contribution in [3.8, 4) is 5.69 Å². The Labute approximate surface area is 148 Å². The Balaban J connectivity index is 1.68. The number of benzene rings is 1. The highest BCUT2D eigenvalue weighted by atomic mass is 32.2. The molecule has 0 aliphatic carbocycles. The highest BCUT2D eigenvalue weighted by Gasteiger charge is 2.11. The van der Waals surface area contributed by atoms with E-state index in [1.54, 1.807) is 10.9 Å². The fourth-order valence-corrected chi connectivity index (χ4v) is 3.19. The summed E-state index contributed by atoms with van der Waals surface area (Å²) in [5, 5.41) is 5.68. The van der Waals surface area contributed by atoms with Crippen LogP contribution in [-0.2, 0) is 5.75 Å². The third kappa shape index (κ3) is 3.18. The lowest BCUT2D eigenvalue weighted by atomic mass is 10.3. The Kier molecular flexibility index (Phi) is 4.07. The van der Waals surface area contributed by atoms with Gasteiger partial charge in [0.05, 0.1) is 22.7 Å². The van der Waals surface area contributed by atoms with Crippen molar-refractivity contribution in [1.82, 2.24) is 24.7 Å². The fourth-order valence-electron chi connectivity index (χ4n) is 2.47. The number of hydrogen-bond donors (Lipinski definition) is 1. The van der Waals surface area contributed by atoms with Gasteiger partial charge >= 0.3 is 0 Å². The van der Waals surface area contributed by atoms with Crippen LogP contribution in [0.15, 0.2) is 64.7 Å². The number of rotatable bonds is 4. The molecule has 0 aliphatic rings. The highest BCUT2D eigenvalue weighted by molar-refractivity contribution is 7.98. The van der Waals surface area contributed by atoms with Gasteiger partial charge in [0.2, 0.25) is 0 Å². The number of H-pyrrole nitrogens is 1. The molecule has 0 saturated carbocycles. The maximum Gasteiger partial charge on any atom is 0.262 e. The first kappa shape index (κ1) is 15.6. The molecule has 1 N–H and O–H groups in total. The molecule has 6 nitrogen and oxygen atoms in total. The van der Waals surface area contributed by atoms with Crippen LogP contribution in [0.3, 0.4) is 0 Å². The van der Waals surface area contributed by atoms with Crippen LogP contribution in [0.5, 0.6) is 0 Å². The van der Waals surface area contributed by atoms with Crippen molar-refractivity contribution < 1.29 is 0 Å². The summed E-state index contributed by atoms with van der Waals surface area (Å²) in [5.41, 5.74) is 2.36. The van der Waals surface area contributed by atoms with E-state index in [1.807, 2.05) is 55.6 Å². The van der Waals surface area contributed by atoms with E-state index in [-0.39, 0.29) is 5.56 Å². The standard InChI is InChI=1S/C18H15N5OS/c1-12-7-8-16(19-9-12)25-11-15-21-17-14(18(24)22-15)10-20-23(17)13-5-3-2-4-6-13/h2-10H,11H2,1H3,(H,21,22,24). The molecule has 3 aromatic heterocycles. The Morgan fingerprint density at radius 3 is 2.72 bits per heavy atom. The topological polar surface area (TPSA) is 76.5 Å². The van der Waals surface area contributed by atoms with E-state index in [1.165, 1.54) is 11.8 Å². The van der Waals surface area contributed by atoms with Crippen LogP contribution in [0.1, 0.15) is 11.4 Å². The highest BCUT2D eigenvalue weighted by Crippen LogP contribution is 2.20. The summed E-state index contributed by atoms with van der Waals surface area (Å²) in [4.78, 5) is 24.1. The predicted octanol–water partition coefficient (Wildman–Crippen LogP) is 3.10. The van der Waals surface area contributed by atoms with Gasteiger partial charge in [-0.25, -0.2) is 14.6 Å². The van der Waals surface area contributed by atoms with Crippen molar-refractivity contribution in [2.45, 2.75) is 17.7 Å². The second-order valence-corrected chi connectivity index (χ2v) is 6.60. The van der Waals surface area contributed by atoms with Crippen LogP contribution < -0.4 is 5.56 Å². The van der Waals surface area contributed by atoms with E-state index in [0.717, 1.165) is 16.3 Å². The van der Waals surface area contributed by atoms with Gasteiger partial charge in [-0.2, -0.15) is 5.10 Å². The maximum absolute atomic E-state index is 12.3. The van der Waals surface area contributed by atoms with Crippen molar-refractivity contribution >= 4 is 22.8 Å². The second kappa shape index (κ2) is 6.52. The number of hydrogen-bond acceptors (Lipinski definition) is 5. The smallest absolute Gasteiger partial charge is 0.262 e. The molecule has 0 unspecified atom stereocenters. The zero-order chi connectivity index (χ0) is 17.2. The zero-order valence-electron chi connectivity index (χ0n) is 13.5. The maximum atomic E-state index is 12.3. The lowest BCUT2D eigenvalue weighted by Crippen LogP contribution is -2.11. The minimum absolute atomic E-state index is 0.181. The average Bonchev–Trinajstić information content (AvgIpc) is 3.06. The molecule has 0 radical (unpaired) electrons. The molecule has 0 amide bonds. The van der Waals surface area contributed by atoms with Crippen molar-refractivity contribution in [1.29, 1.82) is 0 Å². The predicted molar refractivity (Wildman–Crippen MR) is 98.0 cm³/mol. The molecule has 0 fully saturated rings. The van der Waals surface area contributed by atoms with E-state index in [9.17, 15) is 4.79 Å². The molecule has 0 bridgehead atoms. The summed E-state index contributed by atoms with van der Waals surface area (Å²) in [7, 11) is 0. The molecule has 0 saturated heterocycles. The molecule has 7 heteroatoms. The molecule has 4 rings (SSSR count). The Morgan fingerprint density at radius 2 is 1.96 bits per heavy atom. The third-order valence-corrected chi connectivity index (χ3v) is 4.68. The minimum atomic E-state index is -0.181. The van der Waals surface area contributed by atoms with Gasteiger partial charge in [0.25, 0.3) is 5.56 Å². The number of nitrogens with zero attached hydrogens (tertiary/aromatic N) is 4. The Morgan fingerprint density at radius 1 is 1.12 bits per heavy atom. The van der Waals surface area contributed by atoms with E-state index < -0.39 is 0 Å². The SMILES string of the molecule is Cc1ccc(SCc2nc3c(cnn3-c3ccccc3)c(=O)[nH]2)nc1. The number of para-hydroxylation sites is 1. The summed E-state index contributed by atoms with van der Waals surface area (Å²) >= 11 is 1.53. The number of fused-ring (bicyclic) bond motifs is 1. The zero-order valence-corrected chi connectivity index (χ0v) is 14.3. The molecule has 0 aliphatic heterocycles. The van der Waals surface area contributed by atoms with Gasteiger partial charge < -0.3 is 4.98 Å². The first-order valence-electron chi connectivity index (χ1n) is 7.78. The number of aromatic nitrogens is 5. The van der Waals surface area contributed by atoms with E-state index in [0.29, 0.717) is 22.6 Å². The van der Waals surface area contributed by atoms with Gasteiger partial charge in [-0.3, -0.25) is 4.79 Å². The second-order valence-electron chi connectivity index (χ2n) is 5.60. The summed E-state index contributed by atoms with van der Waals surface area (Å²) in [5.74, 6) is 1.13. The Bertz CT molecular complexity index is 1070. The molecule has 4 aromatic rings. The quantitative estimate of drug-likeness (QED) is 0.573. The van der Waals surface area contributed by atoms with Crippen molar-refractivity contribution in [3.63, 3.8) is 0 Å². The molecule has 1 aromatic carbocycles. The molecule has 124 valence electrons. The van der Waals surface area contributed by atoms with Crippen molar-refractivity contribution in [2.24, 2.45) is 0 Å². The number of aromatic amines is 1. The first-order valence-corrected chi connectivity index (χ1v) is 8.77. The van der Waals surface area contributed by atoms with Gasteiger partial charge in [-0.05, 0) is 30.7 Å². The average molecular weight is 349 g/mol. The Hall–Kier alpha value is -2.93. The lowest BCUT2D eigenvalue weighted by molar-refractivity contribution is 0.886. The number of pyridine rings is 1. The molecule has 3 heterocycles. The fraction of sp³-hybridized carbons (Fsp3) is 0.111. The normalized spacial score (nSPS) is 11.1. The van der Waals surface area contributed by atoms with Crippen LogP contribution in [0, 0.1) is 6.92 Å². The molecule has 0 spiro atoms. The van der Waals surface area contributed by atoms with Crippen LogP contribution in [0.25, 0.3) is 16.7 Å². The van der Waals surface area contributed by atoms with E-state index in [4.69, 9.17) is 0 Å². The van der Waals surface area contributed by atoms with Gasteiger partial charge in [-0.1, -0.05) is 36.0 Å². The van der Waals surface area contributed by atoms with Gasteiger partial charge in [0.1, 0.15) is 11.2 Å². The van der Waals surface area contributed by atoms with E-state index in [2.05, 4.69) is 20.1 Å².